The zero-order valence-electron chi connectivity index (χ0n) is 11.7. The van der Waals surface area contributed by atoms with E-state index in [0.717, 1.165) is 21.6 Å². The lowest BCUT2D eigenvalue weighted by Crippen LogP contribution is -1.99. The quantitative estimate of drug-likeness (QED) is 0.447. The molecule has 0 N–H and O–H groups in total. The number of hydrogen-bond acceptors (Lipinski definition) is 4. The average molecular weight is 276 g/mol. The van der Waals surface area contributed by atoms with Crippen LogP contribution in [0.25, 0.3) is 5.57 Å². The number of hydrogen-bond donors (Lipinski definition) is 0. The van der Waals surface area contributed by atoms with Gasteiger partial charge >= 0.3 is 11.9 Å². The lowest BCUT2D eigenvalue weighted by Gasteiger charge is -2.05. The molecule has 0 amide bonds. The molecule has 0 atom stereocenters. The molecule has 2 heterocycles. The average Bonchev–Trinajstić information content (AvgIpc) is 2.77. The molecule has 1 aliphatic heterocycles. The topological polar surface area (TPSA) is 43.4 Å². The maximum atomic E-state index is 11.9. The van der Waals surface area contributed by atoms with Crippen LogP contribution in [0.5, 0.6) is 0 Å². The predicted molar refractivity (Wildman–Crippen MR) is 75.9 cm³/mol. The second-order valence-electron chi connectivity index (χ2n) is 4.88. The molecule has 0 bridgehead atoms. The Balaban J connectivity index is 2.69. The number of thiophene rings is 1. The molecule has 1 aromatic heterocycles. The standard InChI is InChI=1S/C15H16O3S/c1-7(2)12-13(15(17)18-14(12)16)9(4)11-6-8(3)19-10(11)5/h6H,1-5H3. The molecule has 1 saturated heterocycles. The van der Waals surface area contributed by atoms with Crippen LogP contribution >= 0.6 is 11.3 Å². The second kappa shape index (κ2) is 4.78. The minimum atomic E-state index is -0.540. The Morgan fingerprint density at radius 3 is 2.11 bits per heavy atom. The van der Waals surface area contributed by atoms with E-state index in [1.165, 1.54) is 4.88 Å². The fourth-order valence-corrected chi connectivity index (χ4v) is 3.30. The monoisotopic (exact) mass is 276 g/mol. The molecule has 0 aromatic carbocycles. The van der Waals surface area contributed by atoms with Crippen LogP contribution < -0.4 is 0 Å². The largest absolute Gasteiger partial charge is 0.386 e. The summed E-state index contributed by atoms with van der Waals surface area (Å²) in [6.07, 6.45) is 0. The molecule has 0 unspecified atom stereocenters. The van der Waals surface area contributed by atoms with Gasteiger partial charge in [-0.25, -0.2) is 9.59 Å². The smallest absolute Gasteiger partial charge is 0.347 e. The predicted octanol–water partition coefficient (Wildman–Crippen LogP) is 3.56. The SMILES string of the molecule is CC(C)=C1C(=O)OC(=O)C1=C(C)c1cc(C)sc1C. The van der Waals surface area contributed by atoms with E-state index in [1.54, 1.807) is 11.3 Å². The van der Waals surface area contributed by atoms with Crippen LogP contribution in [0.15, 0.2) is 22.8 Å². The van der Waals surface area contributed by atoms with Gasteiger partial charge in [0.2, 0.25) is 0 Å². The maximum Gasteiger partial charge on any atom is 0.347 e. The summed E-state index contributed by atoms with van der Waals surface area (Å²) in [5.74, 6) is -1.08. The van der Waals surface area contributed by atoms with E-state index in [1.807, 2.05) is 40.7 Å². The summed E-state index contributed by atoms with van der Waals surface area (Å²) in [4.78, 5) is 26.0. The molecule has 2 rings (SSSR count). The summed E-state index contributed by atoms with van der Waals surface area (Å²) < 4.78 is 4.75. The highest BCUT2D eigenvalue weighted by atomic mass is 32.1. The maximum absolute atomic E-state index is 11.9. The van der Waals surface area contributed by atoms with Crippen molar-refractivity contribution in [1.82, 2.24) is 0 Å². The van der Waals surface area contributed by atoms with Crippen LogP contribution in [-0.2, 0) is 14.3 Å². The normalized spacial score (nSPS) is 17.8. The first-order valence-corrected chi connectivity index (χ1v) is 6.87. The molecule has 1 aliphatic rings. The highest BCUT2D eigenvalue weighted by Crippen LogP contribution is 2.35. The van der Waals surface area contributed by atoms with Crippen molar-refractivity contribution in [3.63, 3.8) is 0 Å². The molecule has 0 saturated carbocycles. The van der Waals surface area contributed by atoms with Crippen molar-refractivity contribution in [3.8, 4) is 0 Å². The van der Waals surface area contributed by atoms with Crippen molar-refractivity contribution in [1.29, 1.82) is 0 Å². The lowest BCUT2D eigenvalue weighted by molar-refractivity contribution is -0.149. The van der Waals surface area contributed by atoms with Crippen molar-refractivity contribution < 1.29 is 14.3 Å². The molecule has 0 aliphatic carbocycles. The Hall–Kier alpha value is -1.68. The third-order valence-corrected chi connectivity index (χ3v) is 4.13. The molecule has 100 valence electrons. The highest BCUT2D eigenvalue weighted by molar-refractivity contribution is 7.12. The van der Waals surface area contributed by atoms with Crippen LogP contribution in [0.2, 0.25) is 0 Å². The van der Waals surface area contributed by atoms with E-state index in [4.69, 9.17) is 4.74 Å². The molecule has 0 spiro atoms. The Labute approximate surface area is 116 Å². The number of rotatable bonds is 1. The third-order valence-electron chi connectivity index (χ3n) is 3.16. The van der Waals surface area contributed by atoms with Crippen molar-refractivity contribution in [2.24, 2.45) is 0 Å². The summed E-state index contributed by atoms with van der Waals surface area (Å²) >= 11 is 1.68. The molecule has 19 heavy (non-hydrogen) atoms. The van der Waals surface area contributed by atoms with Crippen LogP contribution in [0.1, 0.15) is 36.1 Å². The van der Waals surface area contributed by atoms with Gasteiger partial charge in [0.1, 0.15) is 0 Å². The second-order valence-corrected chi connectivity index (χ2v) is 6.34. The molecule has 0 radical (unpaired) electrons. The van der Waals surface area contributed by atoms with E-state index < -0.39 is 11.9 Å². The molecular formula is C15H16O3S. The van der Waals surface area contributed by atoms with Gasteiger partial charge in [-0.15, -0.1) is 11.3 Å². The molecule has 1 aromatic rings. The first kappa shape index (κ1) is 13.7. The highest BCUT2D eigenvalue weighted by Gasteiger charge is 2.36. The first-order chi connectivity index (χ1) is 8.82. The van der Waals surface area contributed by atoms with Gasteiger partial charge < -0.3 is 4.74 Å². The summed E-state index contributed by atoms with van der Waals surface area (Å²) in [6.45, 7) is 9.54. The summed E-state index contributed by atoms with van der Waals surface area (Å²) in [6, 6.07) is 2.04. The summed E-state index contributed by atoms with van der Waals surface area (Å²) in [5, 5.41) is 0. The number of aryl methyl sites for hydroxylation is 2. The van der Waals surface area contributed by atoms with Gasteiger partial charge in [0.25, 0.3) is 0 Å². The van der Waals surface area contributed by atoms with Crippen LogP contribution in [0, 0.1) is 13.8 Å². The van der Waals surface area contributed by atoms with Crippen molar-refractivity contribution in [2.45, 2.75) is 34.6 Å². The number of carbonyl (C=O) groups is 2. The fourth-order valence-electron chi connectivity index (χ4n) is 2.32. The van der Waals surface area contributed by atoms with Gasteiger partial charge in [0.15, 0.2) is 0 Å². The Bertz CT molecular complexity index is 640. The molecule has 1 fully saturated rings. The molecule has 4 heteroatoms. The Kier molecular flexibility index (Phi) is 3.45. The van der Waals surface area contributed by atoms with E-state index in [9.17, 15) is 9.59 Å². The van der Waals surface area contributed by atoms with Gasteiger partial charge in [0, 0.05) is 9.75 Å². The van der Waals surface area contributed by atoms with E-state index in [0.29, 0.717) is 11.1 Å². The molecule has 3 nitrogen and oxygen atoms in total. The van der Waals surface area contributed by atoms with Gasteiger partial charge in [-0.05, 0) is 51.8 Å². The third kappa shape index (κ3) is 2.28. The summed E-state index contributed by atoms with van der Waals surface area (Å²) in [5.41, 5.74) is 3.45. The number of ether oxygens (including phenoxy) is 1. The minimum absolute atomic E-state index is 0.408. The van der Waals surface area contributed by atoms with Crippen LogP contribution in [-0.4, -0.2) is 11.9 Å². The van der Waals surface area contributed by atoms with Crippen LogP contribution in [0.3, 0.4) is 0 Å². The Morgan fingerprint density at radius 1 is 1.05 bits per heavy atom. The minimum Gasteiger partial charge on any atom is -0.386 e. The number of carbonyl (C=O) groups excluding carboxylic acids is 2. The summed E-state index contributed by atoms with van der Waals surface area (Å²) in [7, 11) is 0. The van der Waals surface area contributed by atoms with Gasteiger partial charge in [-0.1, -0.05) is 5.57 Å². The number of esters is 2. The fraction of sp³-hybridized carbons (Fsp3) is 0.333. The first-order valence-electron chi connectivity index (χ1n) is 6.05. The molecular weight excluding hydrogens is 260 g/mol. The van der Waals surface area contributed by atoms with E-state index >= 15 is 0 Å². The van der Waals surface area contributed by atoms with Gasteiger partial charge in [-0.3, -0.25) is 0 Å². The Morgan fingerprint density at radius 2 is 1.63 bits per heavy atom. The lowest BCUT2D eigenvalue weighted by atomic mass is 9.95. The van der Waals surface area contributed by atoms with Gasteiger partial charge in [-0.2, -0.15) is 0 Å². The van der Waals surface area contributed by atoms with E-state index in [2.05, 4.69) is 0 Å². The zero-order valence-corrected chi connectivity index (χ0v) is 12.5. The van der Waals surface area contributed by atoms with E-state index in [-0.39, 0.29) is 0 Å². The van der Waals surface area contributed by atoms with Crippen LogP contribution in [0.4, 0.5) is 0 Å². The van der Waals surface area contributed by atoms with Crippen molar-refractivity contribution in [3.05, 3.63) is 38.1 Å². The van der Waals surface area contributed by atoms with Gasteiger partial charge in [0.05, 0.1) is 11.1 Å². The zero-order chi connectivity index (χ0) is 14.3. The number of allylic oxidation sites excluding steroid dienone is 2. The number of cyclic esters (lactones) is 2. The van der Waals surface area contributed by atoms with Crippen molar-refractivity contribution in [2.75, 3.05) is 0 Å². The van der Waals surface area contributed by atoms with Crippen molar-refractivity contribution >= 4 is 28.8 Å².